The summed E-state index contributed by atoms with van der Waals surface area (Å²) in [5.74, 6) is 0.467. The van der Waals surface area contributed by atoms with E-state index >= 15 is 0 Å². The van der Waals surface area contributed by atoms with Gasteiger partial charge in [0.15, 0.2) is 0 Å². The van der Waals surface area contributed by atoms with E-state index in [0.717, 1.165) is 65.3 Å². The maximum absolute atomic E-state index is 11.1. The standard InChI is InChI=1S/C46H30O4/c47-39-20-14-27-6-1-3-10-35(27)43(39)45-37-18-12-31(25-33(37)16-22-41(45)49)29-8-5-9-30(24-29)32-13-19-38-34(26-32)17-23-42(50)46(38)44-36-11-4-2-7-28(36)15-21-40(44)48/h1-26,47-50H. The molecule has 0 aliphatic rings. The third kappa shape index (κ3) is 4.69. The fourth-order valence-electron chi connectivity index (χ4n) is 7.45. The maximum atomic E-state index is 11.1. The molecular formula is C46H30O4. The minimum absolute atomic E-state index is 0.113. The number of hydrogen-bond acceptors (Lipinski definition) is 4. The van der Waals surface area contributed by atoms with Crippen molar-refractivity contribution in [2.45, 2.75) is 0 Å². The molecule has 50 heavy (non-hydrogen) atoms. The Bertz CT molecular complexity index is 2630. The fourth-order valence-corrected chi connectivity index (χ4v) is 7.45. The van der Waals surface area contributed by atoms with Gasteiger partial charge in [-0.05, 0) is 108 Å². The third-order valence-electron chi connectivity index (χ3n) is 9.84. The highest BCUT2D eigenvalue weighted by molar-refractivity contribution is 6.11. The Morgan fingerprint density at radius 3 is 1.00 bits per heavy atom. The maximum Gasteiger partial charge on any atom is 0.124 e. The molecule has 4 nitrogen and oxygen atoms in total. The smallest absolute Gasteiger partial charge is 0.124 e. The van der Waals surface area contributed by atoms with Crippen LogP contribution in [0.3, 0.4) is 0 Å². The van der Waals surface area contributed by atoms with E-state index < -0.39 is 0 Å². The first-order valence-corrected chi connectivity index (χ1v) is 16.5. The molecule has 0 aliphatic heterocycles. The Balaban J connectivity index is 1.13. The number of fused-ring (bicyclic) bond motifs is 4. The van der Waals surface area contributed by atoms with Crippen LogP contribution in [0.2, 0.25) is 0 Å². The van der Waals surface area contributed by atoms with Crippen LogP contribution in [0, 0.1) is 0 Å². The van der Waals surface area contributed by atoms with Gasteiger partial charge in [-0.2, -0.15) is 0 Å². The Kier molecular flexibility index (Phi) is 6.71. The van der Waals surface area contributed by atoms with Crippen molar-refractivity contribution >= 4 is 43.1 Å². The van der Waals surface area contributed by atoms with Crippen LogP contribution < -0.4 is 0 Å². The van der Waals surface area contributed by atoms with Crippen LogP contribution in [0.4, 0.5) is 0 Å². The zero-order valence-electron chi connectivity index (χ0n) is 26.8. The summed E-state index contributed by atoms with van der Waals surface area (Å²) < 4.78 is 0. The van der Waals surface area contributed by atoms with E-state index in [1.807, 2.05) is 91.0 Å². The van der Waals surface area contributed by atoms with Gasteiger partial charge >= 0.3 is 0 Å². The minimum atomic E-state index is 0.113. The van der Waals surface area contributed by atoms with E-state index in [1.54, 1.807) is 24.3 Å². The average Bonchev–Trinajstić information content (AvgIpc) is 3.15. The molecule has 0 amide bonds. The fraction of sp³-hybridized carbons (Fsp3) is 0. The number of phenolic OH excluding ortho intramolecular Hbond substituents is 4. The molecule has 238 valence electrons. The Hall–Kier alpha value is -6.78. The summed E-state index contributed by atoms with van der Waals surface area (Å²) in [6.45, 7) is 0. The van der Waals surface area contributed by atoms with Crippen molar-refractivity contribution in [3.63, 3.8) is 0 Å². The van der Waals surface area contributed by atoms with Crippen molar-refractivity contribution in [2.75, 3.05) is 0 Å². The molecule has 0 spiro atoms. The summed E-state index contributed by atoms with van der Waals surface area (Å²) in [6, 6.07) is 50.8. The van der Waals surface area contributed by atoms with Crippen molar-refractivity contribution in [3.8, 4) is 67.5 Å². The number of benzene rings is 9. The summed E-state index contributed by atoms with van der Waals surface area (Å²) in [7, 11) is 0. The molecule has 0 fully saturated rings. The number of rotatable bonds is 4. The molecule has 0 heterocycles. The molecule has 0 aromatic heterocycles. The monoisotopic (exact) mass is 646 g/mol. The first kappa shape index (κ1) is 29.4. The molecular weight excluding hydrogens is 617 g/mol. The zero-order chi connectivity index (χ0) is 33.9. The number of hydrogen-bond donors (Lipinski definition) is 4. The van der Waals surface area contributed by atoms with E-state index in [4.69, 9.17) is 0 Å². The van der Waals surface area contributed by atoms with E-state index in [1.165, 1.54) is 0 Å². The normalized spacial score (nSPS) is 11.5. The predicted octanol–water partition coefficient (Wildman–Crippen LogP) is 11.8. The molecule has 0 radical (unpaired) electrons. The Morgan fingerprint density at radius 1 is 0.240 bits per heavy atom. The van der Waals surface area contributed by atoms with Crippen molar-refractivity contribution in [2.24, 2.45) is 0 Å². The summed E-state index contributed by atoms with van der Waals surface area (Å²) >= 11 is 0. The van der Waals surface area contributed by atoms with Crippen molar-refractivity contribution in [3.05, 3.63) is 158 Å². The molecule has 9 aromatic carbocycles. The number of phenols is 4. The lowest BCUT2D eigenvalue weighted by molar-refractivity contribution is 0.470. The summed E-state index contributed by atoms with van der Waals surface area (Å²) in [5.41, 5.74) is 6.58. The first-order valence-electron chi connectivity index (χ1n) is 16.5. The second-order valence-corrected chi connectivity index (χ2v) is 12.7. The zero-order valence-corrected chi connectivity index (χ0v) is 26.8. The summed E-state index contributed by atoms with van der Waals surface area (Å²) in [4.78, 5) is 0. The molecule has 9 aromatic rings. The van der Waals surface area contributed by atoms with Crippen molar-refractivity contribution < 1.29 is 20.4 Å². The van der Waals surface area contributed by atoms with Gasteiger partial charge in [-0.15, -0.1) is 0 Å². The summed E-state index contributed by atoms with van der Waals surface area (Å²) in [5, 5.41) is 51.5. The molecule has 0 atom stereocenters. The highest BCUT2D eigenvalue weighted by Gasteiger charge is 2.19. The first-order chi connectivity index (χ1) is 24.4. The van der Waals surface area contributed by atoms with Crippen LogP contribution in [0.1, 0.15) is 0 Å². The van der Waals surface area contributed by atoms with Gasteiger partial charge in [0.25, 0.3) is 0 Å². The molecule has 4 heteroatoms. The SMILES string of the molecule is Oc1ccc2ccccc2c1-c1c(O)ccc2cc(-c3cccc(-c4ccc5c(-c6c(O)ccc7ccccc67)c(O)ccc5c4)c3)ccc12. The Labute approximate surface area is 288 Å². The molecule has 0 saturated heterocycles. The lowest BCUT2D eigenvalue weighted by atomic mass is 9.90. The van der Waals surface area contributed by atoms with E-state index in [-0.39, 0.29) is 23.0 Å². The van der Waals surface area contributed by atoms with Crippen LogP contribution in [0.5, 0.6) is 23.0 Å². The van der Waals surface area contributed by atoms with E-state index in [2.05, 4.69) is 42.5 Å². The van der Waals surface area contributed by atoms with Gasteiger partial charge in [0.2, 0.25) is 0 Å². The van der Waals surface area contributed by atoms with Crippen molar-refractivity contribution in [1.82, 2.24) is 0 Å². The molecule has 9 rings (SSSR count). The van der Waals surface area contributed by atoms with Crippen LogP contribution in [0.15, 0.2) is 158 Å². The highest BCUT2D eigenvalue weighted by Crippen LogP contribution is 2.47. The van der Waals surface area contributed by atoms with Gasteiger partial charge in [-0.1, -0.05) is 115 Å². The highest BCUT2D eigenvalue weighted by atomic mass is 16.3. The second-order valence-electron chi connectivity index (χ2n) is 12.7. The molecule has 0 bridgehead atoms. The summed E-state index contributed by atoms with van der Waals surface area (Å²) in [6.07, 6.45) is 0. The molecule has 0 unspecified atom stereocenters. The van der Waals surface area contributed by atoms with E-state index in [9.17, 15) is 20.4 Å². The largest absolute Gasteiger partial charge is 0.507 e. The average molecular weight is 647 g/mol. The lowest BCUT2D eigenvalue weighted by Gasteiger charge is -2.15. The molecule has 0 aliphatic carbocycles. The third-order valence-corrected chi connectivity index (χ3v) is 9.84. The molecule has 4 N–H and O–H groups in total. The van der Waals surface area contributed by atoms with Crippen LogP contribution in [0.25, 0.3) is 87.6 Å². The molecule has 0 saturated carbocycles. The Morgan fingerprint density at radius 2 is 0.580 bits per heavy atom. The van der Waals surface area contributed by atoms with Crippen molar-refractivity contribution in [1.29, 1.82) is 0 Å². The van der Waals surface area contributed by atoms with Crippen LogP contribution >= 0.6 is 0 Å². The van der Waals surface area contributed by atoms with Gasteiger partial charge in [0, 0.05) is 22.3 Å². The van der Waals surface area contributed by atoms with Gasteiger partial charge in [-0.3, -0.25) is 0 Å². The van der Waals surface area contributed by atoms with Crippen LogP contribution in [-0.4, -0.2) is 20.4 Å². The van der Waals surface area contributed by atoms with Gasteiger partial charge in [0.05, 0.1) is 0 Å². The number of aromatic hydroxyl groups is 4. The minimum Gasteiger partial charge on any atom is -0.507 e. The van der Waals surface area contributed by atoms with Gasteiger partial charge in [-0.25, -0.2) is 0 Å². The quantitative estimate of drug-likeness (QED) is 0.153. The lowest BCUT2D eigenvalue weighted by Crippen LogP contribution is -1.89. The van der Waals surface area contributed by atoms with Gasteiger partial charge < -0.3 is 20.4 Å². The predicted molar refractivity (Wildman–Crippen MR) is 205 cm³/mol. The van der Waals surface area contributed by atoms with Gasteiger partial charge in [0.1, 0.15) is 23.0 Å². The van der Waals surface area contributed by atoms with E-state index in [0.29, 0.717) is 22.3 Å². The van der Waals surface area contributed by atoms with Crippen LogP contribution in [-0.2, 0) is 0 Å². The second kappa shape index (κ2) is 11.4. The topological polar surface area (TPSA) is 80.9 Å².